The first-order chi connectivity index (χ1) is 14.6. The van der Waals surface area contributed by atoms with Crippen LogP contribution in [0.2, 0.25) is 0 Å². The summed E-state index contributed by atoms with van der Waals surface area (Å²) in [6.07, 6.45) is 4.43. The first kappa shape index (κ1) is 19.6. The van der Waals surface area contributed by atoms with Crippen LogP contribution in [0.4, 0.5) is 0 Å². The van der Waals surface area contributed by atoms with E-state index in [0.29, 0.717) is 31.1 Å². The van der Waals surface area contributed by atoms with Crippen LogP contribution >= 0.6 is 0 Å². The van der Waals surface area contributed by atoms with Crippen molar-refractivity contribution in [1.82, 2.24) is 24.8 Å². The highest BCUT2D eigenvalue weighted by Crippen LogP contribution is 2.17. The van der Waals surface area contributed by atoms with Gasteiger partial charge in [0, 0.05) is 43.8 Å². The molecule has 4 aromatic rings. The van der Waals surface area contributed by atoms with Crippen molar-refractivity contribution in [3.63, 3.8) is 0 Å². The molecule has 0 atom stereocenters. The van der Waals surface area contributed by atoms with E-state index in [1.807, 2.05) is 67.7 Å². The molecule has 0 N–H and O–H groups in total. The number of nitrogens with zero attached hydrogens (tertiary/aromatic N) is 5. The third-order valence-corrected chi connectivity index (χ3v) is 4.83. The minimum atomic E-state index is 0.0116. The van der Waals surface area contributed by atoms with E-state index in [-0.39, 0.29) is 5.91 Å². The number of aryl methyl sites for hydroxylation is 2. The molecule has 2 heterocycles. The Bertz CT molecular complexity index is 1120. The SMILES string of the molecule is Cc1ccc(-c2noc(CCC(=O)N(C)Cc3cnn(-c4ccccc4)c3)n2)cc1. The summed E-state index contributed by atoms with van der Waals surface area (Å²) in [6.45, 7) is 2.52. The molecule has 2 aromatic carbocycles. The lowest BCUT2D eigenvalue weighted by molar-refractivity contribution is -0.130. The molecule has 0 aliphatic heterocycles. The van der Waals surface area contributed by atoms with Crippen molar-refractivity contribution < 1.29 is 9.32 Å². The zero-order chi connectivity index (χ0) is 20.9. The van der Waals surface area contributed by atoms with E-state index in [0.717, 1.165) is 16.8 Å². The molecule has 4 rings (SSSR count). The molecule has 0 saturated carbocycles. The van der Waals surface area contributed by atoms with Crippen molar-refractivity contribution in [1.29, 1.82) is 0 Å². The summed E-state index contributed by atoms with van der Waals surface area (Å²) in [4.78, 5) is 18.6. The van der Waals surface area contributed by atoms with Gasteiger partial charge in [-0.3, -0.25) is 4.79 Å². The molecular weight excluding hydrogens is 378 g/mol. The van der Waals surface area contributed by atoms with Crippen LogP contribution < -0.4 is 0 Å². The Morgan fingerprint density at radius 3 is 2.63 bits per heavy atom. The number of para-hydroxylation sites is 1. The smallest absolute Gasteiger partial charge is 0.227 e. The highest BCUT2D eigenvalue weighted by molar-refractivity contribution is 5.76. The summed E-state index contributed by atoms with van der Waals surface area (Å²) in [5, 5.41) is 8.39. The van der Waals surface area contributed by atoms with Gasteiger partial charge in [-0.1, -0.05) is 53.2 Å². The Kier molecular flexibility index (Phi) is 5.70. The summed E-state index contributed by atoms with van der Waals surface area (Å²) in [7, 11) is 1.79. The average molecular weight is 401 g/mol. The Labute approximate surface area is 175 Å². The van der Waals surface area contributed by atoms with E-state index in [2.05, 4.69) is 15.2 Å². The molecule has 152 valence electrons. The summed E-state index contributed by atoms with van der Waals surface area (Å²) in [5.74, 6) is 1.01. The van der Waals surface area contributed by atoms with Crippen LogP contribution in [0.5, 0.6) is 0 Å². The number of rotatable bonds is 7. The number of hydrogen-bond acceptors (Lipinski definition) is 5. The Balaban J connectivity index is 1.31. The molecular formula is C23H23N5O2. The maximum Gasteiger partial charge on any atom is 0.227 e. The van der Waals surface area contributed by atoms with Gasteiger partial charge in [0.05, 0.1) is 11.9 Å². The van der Waals surface area contributed by atoms with Crippen molar-refractivity contribution in [2.75, 3.05) is 7.05 Å². The molecule has 0 unspecified atom stereocenters. The molecule has 0 aliphatic rings. The van der Waals surface area contributed by atoms with E-state index >= 15 is 0 Å². The number of hydrogen-bond donors (Lipinski definition) is 0. The molecule has 0 saturated heterocycles. The van der Waals surface area contributed by atoms with Gasteiger partial charge in [0.2, 0.25) is 17.6 Å². The van der Waals surface area contributed by atoms with Gasteiger partial charge in [-0.05, 0) is 19.1 Å². The van der Waals surface area contributed by atoms with Crippen LogP contribution in [0.25, 0.3) is 17.1 Å². The van der Waals surface area contributed by atoms with Crippen molar-refractivity contribution in [2.24, 2.45) is 0 Å². The fourth-order valence-electron chi connectivity index (χ4n) is 3.11. The predicted octanol–water partition coefficient (Wildman–Crippen LogP) is 3.82. The van der Waals surface area contributed by atoms with E-state index in [1.165, 1.54) is 5.56 Å². The summed E-state index contributed by atoms with van der Waals surface area (Å²) < 4.78 is 7.11. The van der Waals surface area contributed by atoms with Gasteiger partial charge in [0.1, 0.15) is 0 Å². The molecule has 7 heteroatoms. The predicted molar refractivity (Wildman–Crippen MR) is 113 cm³/mol. The number of aromatic nitrogens is 4. The highest BCUT2D eigenvalue weighted by Gasteiger charge is 2.14. The van der Waals surface area contributed by atoms with Gasteiger partial charge in [-0.25, -0.2) is 4.68 Å². The average Bonchev–Trinajstić information content (AvgIpc) is 3.43. The quantitative estimate of drug-likeness (QED) is 0.470. The Morgan fingerprint density at radius 2 is 1.87 bits per heavy atom. The molecule has 0 bridgehead atoms. The number of benzene rings is 2. The highest BCUT2D eigenvalue weighted by atomic mass is 16.5. The molecule has 0 aliphatic carbocycles. The second-order valence-electron chi connectivity index (χ2n) is 7.26. The third kappa shape index (κ3) is 4.63. The zero-order valence-corrected chi connectivity index (χ0v) is 17.0. The van der Waals surface area contributed by atoms with Crippen molar-refractivity contribution in [3.05, 3.63) is 84.0 Å². The van der Waals surface area contributed by atoms with Crippen molar-refractivity contribution in [2.45, 2.75) is 26.3 Å². The van der Waals surface area contributed by atoms with Gasteiger partial charge in [-0.15, -0.1) is 0 Å². The molecule has 2 aromatic heterocycles. The first-order valence-corrected chi connectivity index (χ1v) is 9.81. The van der Waals surface area contributed by atoms with Crippen molar-refractivity contribution >= 4 is 5.91 Å². The first-order valence-electron chi connectivity index (χ1n) is 9.81. The second-order valence-corrected chi connectivity index (χ2v) is 7.26. The van der Waals surface area contributed by atoms with E-state index in [9.17, 15) is 4.79 Å². The van der Waals surface area contributed by atoms with Crippen LogP contribution in [-0.2, 0) is 17.8 Å². The summed E-state index contributed by atoms with van der Waals surface area (Å²) in [5.41, 5.74) is 4.02. The summed E-state index contributed by atoms with van der Waals surface area (Å²) >= 11 is 0. The molecule has 1 amide bonds. The Hall–Kier alpha value is -3.74. The largest absolute Gasteiger partial charge is 0.341 e. The van der Waals surface area contributed by atoms with Gasteiger partial charge in [0.25, 0.3) is 0 Å². The van der Waals surface area contributed by atoms with Crippen LogP contribution in [0.15, 0.2) is 71.5 Å². The van der Waals surface area contributed by atoms with Gasteiger partial charge >= 0.3 is 0 Å². The van der Waals surface area contributed by atoms with E-state index < -0.39 is 0 Å². The lowest BCUT2D eigenvalue weighted by Gasteiger charge is -2.15. The van der Waals surface area contributed by atoms with Crippen molar-refractivity contribution in [3.8, 4) is 17.1 Å². The molecule has 0 spiro atoms. The second kappa shape index (κ2) is 8.73. The minimum absolute atomic E-state index is 0.0116. The summed E-state index contributed by atoms with van der Waals surface area (Å²) in [6, 6.07) is 17.8. The fourth-order valence-corrected chi connectivity index (χ4v) is 3.11. The monoisotopic (exact) mass is 401 g/mol. The third-order valence-electron chi connectivity index (χ3n) is 4.83. The molecule has 30 heavy (non-hydrogen) atoms. The number of carbonyl (C=O) groups is 1. The maximum atomic E-state index is 12.5. The lowest BCUT2D eigenvalue weighted by atomic mass is 10.1. The maximum absolute atomic E-state index is 12.5. The zero-order valence-electron chi connectivity index (χ0n) is 17.0. The van der Waals surface area contributed by atoms with Gasteiger partial charge in [-0.2, -0.15) is 10.1 Å². The van der Waals surface area contributed by atoms with E-state index in [1.54, 1.807) is 22.8 Å². The molecule has 0 fully saturated rings. The van der Waals surface area contributed by atoms with Crippen LogP contribution in [0, 0.1) is 6.92 Å². The minimum Gasteiger partial charge on any atom is -0.341 e. The van der Waals surface area contributed by atoms with Gasteiger partial charge in [0.15, 0.2) is 0 Å². The topological polar surface area (TPSA) is 77.0 Å². The van der Waals surface area contributed by atoms with E-state index in [4.69, 9.17) is 4.52 Å². The molecule has 0 radical (unpaired) electrons. The van der Waals surface area contributed by atoms with Gasteiger partial charge < -0.3 is 9.42 Å². The lowest BCUT2D eigenvalue weighted by Crippen LogP contribution is -2.26. The van der Waals surface area contributed by atoms with Crippen LogP contribution in [0.1, 0.15) is 23.4 Å². The molecule has 7 nitrogen and oxygen atoms in total. The van der Waals surface area contributed by atoms with Crippen LogP contribution in [-0.4, -0.2) is 37.8 Å². The number of carbonyl (C=O) groups excluding carboxylic acids is 1. The standard InChI is InChI=1S/C23H23N5O2/c1-17-8-10-19(11-9-17)23-25-21(30-26-23)12-13-22(29)27(2)15-18-14-24-28(16-18)20-6-4-3-5-7-20/h3-11,14,16H,12-13,15H2,1-2H3. The van der Waals surface area contributed by atoms with Crippen LogP contribution in [0.3, 0.4) is 0 Å². The number of amides is 1. The fraction of sp³-hybridized carbons (Fsp3) is 0.217. The Morgan fingerprint density at radius 1 is 1.10 bits per heavy atom. The normalized spacial score (nSPS) is 10.9.